The van der Waals surface area contributed by atoms with Crippen LogP contribution < -0.4 is 5.32 Å². The average Bonchev–Trinajstić information content (AvgIpc) is 3.32. The molecule has 2 aromatic carbocycles. The van der Waals surface area contributed by atoms with Gasteiger partial charge in [0.15, 0.2) is 12.1 Å². The first-order valence-electron chi connectivity index (χ1n) is 10.8. The molecule has 1 aliphatic rings. The number of anilines is 1. The van der Waals surface area contributed by atoms with Crippen LogP contribution in [0.4, 0.5) is 10.1 Å². The van der Waals surface area contributed by atoms with Crippen molar-refractivity contribution < 1.29 is 47.7 Å². The number of nitrogens with zero attached hydrogens (tertiary/aromatic N) is 3. The van der Waals surface area contributed by atoms with Gasteiger partial charge >= 0.3 is 15.2 Å². The predicted octanol–water partition coefficient (Wildman–Crippen LogP) is 2.35. The van der Waals surface area contributed by atoms with E-state index in [9.17, 15) is 28.6 Å². The number of nitrogens with one attached hydrogen (secondary N) is 1. The van der Waals surface area contributed by atoms with Crippen LogP contribution in [0.3, 0.4) is 0 Å². The minimum absolute atomic E-state index is 0.255. The van der Waals surface area contributed by atoms with Gasteiger partial charge in [-0.2, -0.15) is 0 Å². The summed E-state index contributed by atoms with van der Waals surface area (Å²) in [7, 11) is -9.56. The van der Waals surface area contributed by atoms with Crippen molar-refractivity contribution >= 4 is 43.5 Å². The molecule has 1 saturated heterocycles. The van der Waals surface area contributed by atoms with Gasteiger partial charge in [-0.3, -0.25) is 9.13 Å². The molecule has 2 heterocycles. The maximum Gasteiger partial charge on any atom is 0.340 e. The molecule has 3 aromatic rings. The second-order valence-corrected chi connectivity index (χ2v) is 13.0. The maximum atomic E-state index is 14.2. The van der Waals surface area contributed by atoms with E-state index in [1.54, 1.807) is 31.2 Å². The third-order valence-corrected chi connectivity index (χ3v) is 9.34. The van der Waals surface area contributed by atoms with Crippen molar-refractivity contribution in [3.05, 3.63) is 52.8 Å². The summed E-state index contributed by atoms with van der Waals surface area (Å²) in [6.45, 7) is 0.996. The zero-order valence-corrected chi connectivity index (χ0v) is 21.7. The van der Waals surface area contributed by atoms with Gasteiger partial charge < -0.3 is 39.5 Å². The number of aliphatic hydroxyl groups is 2. The van der Waals surface area contributed by atoms with Gasteiger partial charge in [0.25, 0.3) is 0 Å². The first-order valence-corrected chi connectivity index (χ1v) is 14.8. The highest BCUT2D eigenvalue weighted by Gasteiger charge is 2.46. The topological polar surface area (TPSA) is 196 Å². The summed E-state index contributed by atoms with van der Waals surface area (Å²) >= 11 is 6.29. The first-order chi connectivity index (χ1) is 17.3. The molecule has 3 unspecified atom stereocenters. The molecule has 1 aromatic heterocycles. The Bertz CT molecular complexity index is 1390. The van der Waals surface area contributed by atoms with Crippen molar-refractivity contribution in [2.75, 3.05) is 17.8 Å². The minimum atomic E-state index is -4.85. The summed E-state index contributed by atoms with van der Waals surface area (Å²) in [4.78, 5) is 27.5. The Morgan fingerprint density at radius 1 is 1.22 bits per heavy atom. The molecule has 0 saturated carbocycles. The summed E-state index contributed by atoms with van der Waals surface area (Å²) in [6.07, 6.45) is -5.83. The number of ether oxygens (including phenoxy) is 1. The SMILES string of the molecule is CC(Nc1cc(Cl)cc2c1nnn2C1O[C@H](COP(=O)(O)CP(=O)(O)O)[C@@H](O)[C@H]1O)c1ccccc1F. The lowest BCUT2D eigenvalue weighted by molar-refractivity contribution is -0.0547. The van der Waals surface area contributed by atoms with Crippen LogP contribution >= 0.6 is 26.8 Å². The van der Waals surface area contributed by atoms with Crippen LogP contribution in [0.1, 0.15) is 24.8 Å². The van der Waals surface area contributed by atoms with E-state index in [1.165, 1.54) is 12.1 Å². The molecular weight excluding hydrogens is 557 g/mol. The fourth-order valence-corrected chi connectivity index (χ4v) is 6.75. The summed E-state index contributed by atoms with van der Waals surface area (Å²) in [5.74, 6) is -1.82. The van der Waals surface area contributed by atoms with Crippen molar-refractivity contribution in [3.63, 3.8) is 0 Å². The highest BCUT2D eigenvalue weighted by molar-refractivity contribution is 7.70. The molecule has 6 atom stereocenters. The van der Waals surface area contributed by atoms with Gasteiger partial charge in [-0.15, -0.1) is 5.10 Å². The maximum absolute atomic E-state index is 14.2. The van der Waals surface area contributed by atoms with Gasteiger partial charge in [0.1, 0.15) is 29.6 Å². The number of hydrogen-bond acceptors (Lipinski definition) is 9. The lowest BCUT2D eigenvalue weighted by atomic mass is 10.1. The average molecular weight is 581 g/mol. The van der Waals surface area contributed by atoms with Crippen LogP contribution in [0.25, 0.3) is 11.0 Å². The van der Waals surface area contributed by atoms with Crippen LogP contribution in [0, 0.1) is 5.82 Å². The molecule has 0 aliphatic carbocycles. The lowest BCUT2D eigenvalue weighted by Gasteiger charge is -2.18. The fraction of sp³-hybridized carbons (Fsp3) is 0.400. The quantitative estimate of drug-likeness (QED) is 0.202. The van der Waals surface area contributed by atoms with Crippen LogP contribution in [0.15, 0.2) is 36.4 Å². The van der Waals surface area contributed by atoms with Gasteiger partial charge in [-0.05, 0) is 25.1 Å². The molecule has 0 radical (unpaired) electrons. The van der Waals surface area contributed by atoms with E-state index in [0.717, 1.165) is 4.68 Å². The van der Waals surface area contributed by atoms with Gasteiger partial charge in [0.05, 0.1) is 23.9 Å². The van der Waals surface area contributed by atoms with E-state index < -0.39 is 64.1 Å². The Morgan fingerprint density at radius 2 is 1.92 bits per heavy atom. The molecule has 0 spiro atoms. The number of fused-ring (bicyclic) bond motifs is 1. The van der Waals surface area contributed by atoms with Crippen LogP contribution in [-0.4, -0.2) is 70.7 Å². The Balaban J connectivity index is 1.56. The minimum Gasteiger partial charge on any atom is -0.387 e. The van der Waals surface area contributed by atoms with Crippen LogP contribution in [0.2, 0.25) is 5.02 Å². The van der Waals surface area contributed by atoms with E-state index in [1.807, 2.05) is 0 Å². The molecular formula is C20H24ClFN4O9P2. The van der Waals surface area contributed by atoms with E-state index in [4.69, 9.17) is 30.6 Å². The zero-order chi connectivity index (χ0) is 27.1. The zero-order valence-electron chi connectivity index (χ0n) is 19.1. The Kier molecular flexibility index (Phi) is 8.08. The lowest BCUT2D eigenvalue weighted by Crippen LogP contribution is -2.33. The Labute approximate surface area is 214 Å². The normalized spacial score (nSPS) is 24.8. The molecule has 17 heteroatoms. The van der Waals surface area contributed by atoms with Crippen molar-refractivity contribution in [2.45, 2.75) is 37.5 Å². The molecule has 0 amide bonds. The van der Waals surface area contributed by atoms with E-state index in [-0.39, 0.29) is 5.02 Å². The highest BCUT2D eigenvalue weighted by Crippen LogP contribution is 2.55. The van der Waals surface area contributed by atoms with E-state index >= 15 is 0 Å². The second kappa shape index (κ2) is 10.7. The van der Waals surface area contributed by atoms with Crippen LogP contribution in [0.5, 0.6) is 0 Å². The standard InChI is InChI=1S/C20H24ClFN4O9P2/c1-10(12-4-2-3-5-13(12)22)23-14-6-11(21)7-15-17(14)24-25-26(15)20-19(28)18(27)16(35-20)8-34-37(32,33)9-36(29,30)31/h2-7,10,16,18-20,23,27-28H,8-9H2,1H3,(H,32,33)(H2,29,30,31)/t10?,16-,18-,19-,20?/m1/s1. The molecule has 1 fully saturated rings. The smallest absolute Gasteiger partial charge is 0.340 e. The molecule has 13 nitrogen and oxygen atoms in total. The second-order valence-electron chi connectivity index (χ2n) is 8.53. The van der Waals surface area contributed by atoms with Crippen LogP contribution in [-0.2, 0) is 18.4 Å². The molecule has 37 heavy (non-hydrogen) atoms. The van der Waals surface area contributed by atoms with E-state index in [2.05, 4.69) is 15.6 Å². The number of benzene rings is 2. The van der Waals surface area contributed by atoms with Crippen molar-refractivity contribution in [1.82, 2.24) is 15.0 Å². The van der Waals surface area contributed by atoms with Crippen molar-refractivity contribution in [1.29, 1.82) is 0 Å². The predicted molar refractivity (Wildman–Crippen MR) is 130 cm³/mol. The highest BCUT2D eigenvalue weighted by atomic mass is 35.5. The Morgan fingerprint density at radius 3 is 2.59 bits per heavy atom. The number of hydrogen-bond donors (Lipinski definition) is 6. The van der Waals surface area contributed by atoms with Gasteiger partial charge in [0, 0.05) is 10.6 Å². The number of rotatable bonds is 9. The monoisotopic (exact) mass is 580 g/mol. The summed E-state index contributed by atoms with van der Waals surface area (Å²) in [5, 5.41) is 32.5. The van der Waals surface area contributed by atoms with Gasteiger partial charge in [-0.25, -0.2) is 9.07 Å². The van der Waals surface area contributed by atoms with Gasteiger partial charge in [0.2, 0.25) is 0 Å². The largest absolute Gasteiger partial charge is 0.387 e. The molecule has 6 N–H and O–H groups in total. The third-order valence-electron chi connectivity index (χ3n) is 5.67. The number of aliphatic hydroxyl groups excluding tert-OH is 2. The Hall–Kier alpha value is -1.96. The molecule has 0 bridgehead atoms. The molecule has 4 rings (SSSR count). The summed E-state index contributed by atoms with van der Waals surface area (Å²) in [5.41, 5.74) is 1.42. The fourth-order valence-electron chi connectivity index (χ4n) is 3.97. The van der Waals surface area contributed by atoms with Gasteiger partial charge in [-0.1, -0.05) is 35.0 Å². The van der Waals surface area contributed by atoms with Crippen molar-refractivity contribution in [3.8, 4) is 0 Å². The molecule has 1 aliphatic heterocycles. The number of halogens is 2. The first kappa shape index (κ1) is 28.1. The van der Waals surface area contributed by atoms with E-state index in [0.29, 0.717) is 22.3 Å². The molecule has 202 valence electrons. The van der Waals surface area contributed by atoms with Crippen molar-refractivity contribution in [2.24, 2.45) is 0 Å². The third kappa shape index (κ3) is 6.37. The summed E-state index contributed by atoms with van der Waals surface area (Å²) in [6, 6.07) is 8.82. The number of aromatic nitrogens is 3. The summed E-state index contributed by atoms with van der Waals surface area (Å²) < 4.78 is 48.6.